The zero-order valence-corrected chi connectivity index (χ0v) is 21.1. The third kappa shape index (κ3) is 8.91. The number of guanidine groups is 1. The molecule has 2 aromatic rings. The van der Waals surface area contributed by atoms with Crippen molar-refractivity contribution in [1.29, 1.82) is 5.41 Å². The van der Waals surface area contributed by atoms with Gasteiger partial charge in [-0.2, -0.15) is 0 Å². The van der Waals surface area contributed by atoms with Crippen LogP contribution in [0.5, 0.6) is 0 Å². The highest BCUT2D eigenvalue weighted by Gasteiger charge is 2.29. The number of esters is 1. The van der Waals surface area contributed by atoms with Crippen LogP contribution in [0.15, 0.2) is 60.7 Å². The molecule has 2 atom stereocenters. The van der Waals surface area contributed by atoms with Gasteiger partial charge >= 0.3 is 5.97 Å². The standard InChI is InChI=1S/C27H36N6O4/c1-37-24(34)18-30-22(16-19-8-4-2-5-9-19)25(35)32-23(17-20-10-6-3-7-11-20)26(36)31-21-12-14-33(15-13-21)27(28)29/h2-11,21-23,30H,12-18H2,1H3,(H3,28,29)(H,31,36)(H,32,35)/t22?,23-/m1/s1. The van der Waals surface area contributed by atoms with Crippen LogP contribution in [0.2, 0.25) is 0 Å². The number of amides is 2. The van der Waals surface area contributed by atoms with Crippen LogP contribution in [0, 0.1) is 5.41 Å². The third-order valence-corrected chi connectivity index (χ3v) is 6.42. The molecule has 0 saturated carbocycles. The Morgan fingerprint density at radius 1 is 0.946 bits per heavy atom. The second-order valence-electron chi connectivity index (χ2n) is 9.11. The fourth-order valence-corrected chi connectivity index (χ4v) is 4.28. The molecule has 1 saturated heterocycles. The molecular formula is C27H36N6O4. The number of hydrogen-bond donors (Lipinski definition) is 5. The predicted molar refractivity (Wildman–Crippen MR) is 141 cm³/mol. The van der Waals surface area contributed by atoms with E-state index in [4.69, 9.17) is 15.9 Å². The third-order valence-electron chi connectivity index (χ3n) is 6.42. The van der Waals surface area contributed by atoms with E-state index in [9.17, 15) is 14.4 Å². The molecule has 0 aromatic heterocycles. The molecular weight excluding hydrogens is 472 g/mol. The minimum absolute atomic E-state index is 0.0305. The number of nitrogens with one attached hydrogen (secondary N) is 4. The summed E-state index contributed by atoms with van der Waals surface area (Å²) in [6.45, 7) is 1.05. The molecule has 1 aliphatic rings. The quantitative estimate of drug-likeness (QED) is 0.169. The number of hydrogen-bond acceptors (Lipinski definition) is 6. The van der Waals surface area contributed by atoms with Gasteiger partial charge < -0.3 is 26.0 Å². The van der Waals surface area contributed by atoms with Crippen molar-refractivity contribution in [3.8, 4) is 0 Å². The molecule has 2 amide bonds. The predicted octanol–water partition coefficient (Wildman–Crippen LogP) is 0.562. The van der Waals surface area contributed by atoms with Crippen molar-refractivity contribution in [2.75, 3.05) is 26.7 Å². The molecule has 3 rings (SSSR count). The second-order valence-corrected chi connectivity index (χ2v) is 9.11. The van der Waals surface area contributed by atoms with Gasteiger partial charge in [0.05, 0.1) is 19.7 Å². The Morgan fingerprint density at radius 2 is 1.49 bits per heavy atom. The maximum absolute atomic E-state index is 13.4. The molecule has 2 aromatic carbocycles. The minimum atomic E-state index is -0.807. The van der Waals surface area contributed by atoms with Gasteiger partial charge in [0, 0.05) is 25.6 Å². The highest BCUT2D eigenvalue weighted by atomic mass is 16.5. The smallest absolute Gasteiger partial charge is 0.319 e. The molecule has 1 unspecified atom stereocenters. The van der Waals surface area contributed by atoms with Crippen molar-refractivity contribution >= 4 is 23.7 Å². The maximum Gasteiger partial charge on any atom is 0.319 e. The van der Waals surface area contributed by atoms with Gasteiger partial charge in [-0.3, -0.25) is 25.1 Å². The summed E-state index contributed by atoms with van der Waals surface area (Å²) in [5.41, 5.74) is 7.41. The minimum Gasteiger partial charge on any atom is -0.468 e. The summed E-state index contributed by atoms with van der Waals surface area (Å²) in [6.07, 6.45) is 1.98. The monoisotopic (exact) mass is 508 g/mol. The molecule has 10 heteroatoms. The molecule has 1 fully saturated rings. The summed E-state index contributed by atoms with van der Waals surface area (Å²) < 4.78 is 4.71. The van der Waals surface area contributed by atoms with E-state index in [0.717, 1.165) is 11.1 Å². The van der Waals surface area contributed by atoms with Crippen molar-refractivity contribution in [1.82, 2.24) is 20.9 Å². The fraction of sp³-hybridized carbons (Fsp3) is 0.407. The van der Waals surface area contributed by atoms with Gasteiger partial charge in [-0.1, -0.05) is 60.7 Å². The van der Waals surface area contributed by atoms with Crippen LogP contribution in [-0.2, 0) is 32.0 Å². The number of rotatable bonds is 11. The summed E-state index contributed by atoms with van der Waals surface area (Å²) >= 11 is 0. The molecule has 0 radical (unpaired) electrons. The highest BCUT2D eigenvalue weighted by Crippen LogP contribution is 2.12. The van der Waals surface area contributed by atoms with Crippen molar-refractivity contribution in [2.45, 2.75) is 43.8 Å². The van der Waals surface area contributed by atoms with E-state index in [0.29, 0.717) is 38.8 Å². The number of methoxy groups -OCH3 is 1. The normalized spacial score (nSPS) is 15.3. The van der Waals surface area contributed by atoms with E-state index in [1.165, 1.54) is 7.11 Å². The van der Waals surface area contributed by atoms with E-state index in [2.05, 4.69) is 16.0 Å². The van der Waals surface area contributed by atoms with Crippen molar-refractivity contribution in [2.24, 2.45) is 5.73 Å². The Morgan fingerprint density at radius 3 is 2.00 bits per heavy atom. The van der Waals surface area contributed by atoms with Crippen LogP contribution in [0.25, 0.3) is 0 Å². The fourth-order valence-electron chi connectivity index (χ4n) is 4.28. The SMILES string of the molecule is COC(=O)CNC(Cc1ccccc1)C(=O)N[C@H](Cc1ccccc1)C(=O)NC1CCN(C(=N)N)CC1. The Hall–Kier alpha value is -3.92. The molecule has 0 bridgehead atoms. The van der Waals surface area contributed by atoms with Gasteiger partial charge in [0.2, 0.25) is 11.8 Å². The number of carbonyl (C=O) groups excluding carboxylic acids is 3. The Balaban J connectivity index is 1.71. The maximum atomic E-state index is 13.4. The number of carbonyl (C=O) groups is 3. The van der Waals surface area contributed by atoms with Crippen LogP contribution < -0.4 is 21.7 Å². The van der Waals surface area contributed by atoms with E-state index >= 15 is 0 Å². The van der Waals surface area contributed by atoms with E-state index < -0.39 is 18.1 Å². The Kier molecular flexibility index (Phi) is 10.5. The first-order chi connectivity index (χ1) is 17.9. The summed E-state index contributed by atoms with van der Waals surface area (Å²) in [6, 6.07) is 17.3. The molecule has 0 aliphatic carbocycles. The highest BCUT2D eigenvalue weighted by molar-refractivity contribution is 5.90. The summed E-state index contributed by atoms with van der Waals surface area (Å²) in [7, 11) is 1.29. The zero-order valence-electron chi connectivity index (χ0n) is 21.1. The van der Waals surface area contributed by atoms with Gasteiger partial charge in [0.1, 0.15) is 6.04 Å². The first-order valence-electron chi connectivity index (χ1n) is 12.4. The van der Waals surface area contributed by atoms with Crippen molar-refractivity contribution in [3.05, 3.63) is 71.8 Å². The van der Waals surface area contributed by atoms with Gasteiger partial charge in [-0.15, -0.1) is 0 Å². The van der Waals surface area contributed by atoms with Crippen molar-refractivity contribution in [3.63, 3.8) is 0 Å². The Bertz CT molecular complexity index is 1040. The second kappa shape index (κ2) is 14.0. The number of nitrogens with two attached hydrogens (primary N) is 1. The van der Waals surface area contributed by atoms with Gasteiger partial charge in [0.25, 0.3) is 0 Å². The number of piperidine rings is 1. The van der Waals surface area contributed by atoms with Gasteiger partial charge in [0.15, 0.2) is 5.96 Å². The van der Waals surface area contributed by atoms with Crippen LogP contribution in [-0.4, -0.2) is 73.5 Å². The molecule has 6 N–H and O–H groups in total. The lowest BCUT2D eigenvalue weighted by molar-refractivity contribution is -0.140. The lowest BCUT2D eigenvalue weighted by Crippen LogP contribution is -2.57. The van der Waals surface area contributed by atoms with Crippen LogP contribution in [0.4, 0.5) is 0 Å². The molecule has 1 aliphatic heterocycles. The number of likely N-dealkylation sites (tertiary alicyclic amines) is 1. The van der Waals surface area contributed by atoms with Crippen LogP contribution in [0.1, 0.15) is 24.0 Å². The average Bonchev–Trinajstić information content (AvgIpc) is 2.91. The summed E-state index contributed by atoms with van der Waals surface area (Å²) in [4.78, 5) is 40.3. The molecule has 0 spiro atoms. The van der Waals surface area contributed by atoms with Crippen LogP contribution in [0.3, 0.4) is 0 Å². The Labute approximate surface area is 217 Å². The largest absolute Gasteiger partial charge is 0.468 e. The van der Waals surface area contributed by atoms with E-state index in [-0.39, 0.29) is 30.4 Å². The zero-order chi connectivity index (χ0) is 26.6. The lowest BCUT2D eigenvalue weighted by Gasteiger charge is -2.33. The topological polar surface area (TPSA) is 150 Å². The van der Waals surface area contributed by atoms with Gasteiger partial charge in [-0.25, -0.2) is 0 Å². The molecule has 10 nitrogen and oxygen atoms in total. The summed E-state index contributed by atoms with van der Waals surface area (Å²) in [5.74, 6) is -1.11. The first-order valence-corrected chi connectivity index (χ1v) is 12.4. The van der Waals surface area contributed by atoms with E-state index in [1.54, 1.807) is 4.90 Å². The summed E-state index contributed by atoms with van der Waals surface area (Å²) in [5, 5.41) is 16.5. The number of ether oxygens (including phenoxy) is 1. The lowest BCUT2D eigenvalue weighted by atomic mass is 10.0. The van der Waals surface area contributed by atoms with E-state index in [1.807, 2.05) is 60.7 Å². The molecule has 198 valence electrons. The average molecular weight is 509 g/mol. The van der Waals surface area contributed by atoms with Gasteiger partial charge in [-0.05, 0) is 30.4 Å². The number of nitrogens with zero attached hydrogens (tertiary/aromatic N) is 1. The molecule has 1 heterocycles. The molecule has 37 heavy (non-hydrogen) atoms. The van der Waals surface area contributed by atoms with Crippen LogP contribution >= 0.6 is 0 Å². The first kappa shape index (κ1) is 27.7. The number of benzene rings is 2. The van der Waals surface area contributed by atoms with Crippen molar-refractivity contribution < 1.29 is 19.1 Å².